The van der Waals surface area contributed by atoms with Gasteiger partial charge in [0, 0.05) is 29.9 Å². The Balaban J connectivity index is 1.64. The van der Waals surface area contributed by atoms with Gasteiger partial charge in [-0.15, -0.1) is 0 Å². The average Bonchev–Trinajstić information content (AvgIpc) is 2.91. The lowest BCUT2D eigenvalue weighted by atomic mass is 10.0. The lowest BCUT2D eigenvalue weighted by Crippen LogP contribution is -2.51. The van der Waals surface area contributed by atoms with Gasteiger partial charge < -0.3 is 15.0 Å². The number of carbonyl (C=O) groups is 2. The molecule has 4 aromatic rings. The molecule has 2 amide bonds. The van der Waals surface area contributed by atoms with Crippen molar-refractivity contribution < 1.29 is 14.3 Å². The number of fused-ring (bicyclic) bond motifs is 1. The summed E-state index contributed by atoms with van der Waals surface area (Å²) < 4.78 is 6.01. The SMILES string of the molecule is CCNC(=O)[C@H](Cc1ccccc1)N(Cc1ccccc1Cl)C(=O)COc1cccc2ccccc12. The number of halogens is 1. The van der Waals surface area contributed by atoms with Gasteiger partial charge in [0.15, 0.2) is 6.61 Å². The highest BCUT2D eigenvalue weighted by molar-refractivity contribution is 6.31. The van der Waals surface area contributed by atoms with E-state index >= 15 is 0 Å². The Morgan fingerprint density at radius 2 is 1.58 bits per heavy atom. The van der Waals surface area contributed by atoms with Crippen LogP contribution in [0.2, 0.25) is 5.02 Å². The van der Waals surface area contributed by atoms with E-state index in [2.05, 4.69) is 5.32 Å². The first kappa shape index (κ1) is 25.3. The van der Waals surface area contributed by atoms with Crippen LogP contribution in [0.4, 0.5) is 0 Å². The molecular weight excluding hydrogens is 472 g/mol. The molecule has 0 saturated carbocycles. The van der Waals surface area contributed by atoms with Crippen LogP contribution in [0.25, 0.3) is 10.8 Å². The van der Waals surface area contributed by atoms with Crippen LogP contribution in [0.5, 0.6) is 5.75 Å². The highest BCUT2D eigenvalue weighted by atomic mass is 35.5. The van der Waals surface area contributed by atoms with Crippen LogP contribution in [0, 0.1) is 0 Å². The summed E-state index contributed by atoms with van der Waals surface area (Å²) in [6, 6.07) is 29.9. The molecule has 0 heterocycles. The van der Waals surface area contributed by atoms with Crippen molar-refractivity contribution in [1.29, 1.82) is 0 Å². The number of carbonyl (C=O) groups excluding carboxylic acids is 2. The molecule has 4 rings (SSSR count). The van der Waals surface area contributed by atoms with Gasteiger partial charge in [-0.1, -0.05) is 96.5 Å². The Morgan fingerprint density at radius 3 is 2.36 bits per heavy atom. The van der Waals surface area contributed by atoms with Gasteiger partial charge in [-0.2, -0.15) is 0 Å². The van der Waals surface area contributed by atoms with E-state index in [4.69, 9.17) is 16.3 Å². The Hall–Kier alpha value is -3.83. The highest BCUT2D eigenvalue weighted by Crippen LogP contribution is 2.26. The number of hydrogen-bond donors (Lipinski definition) is 1. The van der Waals surface area contributed by atoms with E-state index in [0.29, 0.717) is 23.7 Å². The lowest BCUT2D eigenvalue weighted by molar-refractivity contribution is -0.142. The maximum atomic E-state index is 13.7. The Bertz CT molecular complexity index is 1320. The number of amides is 2. The van der Waals surface area contributed by atoms with Crippen molar-refractivity contribution in [3.63, 3.8) is 0 Å². The van der Waals surface area contributed by atoms with E-state index in [1.165, 1.54) is 0 Å². The molecule has 6 heteroatoms. The van der Waals surface area contributed by atoms with Crippen molar-refractivity contribution in [1.82, 2.24) is 10.2 Å². The summed E-state index contributed by atoms with van der Waals surface area (Å²) in [5, 5.41) is 5.39. The first-order valence-corrected chi connectivity index (χ1v) is 12.4. The molecule has 0 radical (unpaired) electrons. The number of nitrogens with one attached hydrogen (secondary N) is 1. The van der Waals surface area contributed by atoms with Crippen molar-refractivity contribution in [2.24, 2.45) is 0 Å². The normalized spacial score (nSPS) is 11.6. The fourth-order valence-corrected chi connectivity index (χ4v) is 4.40. The molecule has 0 unspecified atom stereocenters. The maximum absolute atomic E-state index is 13.7. The third-order valence-electron chi connectivity index (χ3n) is 6.02. The Morgan fingerprint density at radius 1 is 0.889 bits per heavy atom. The van der Waals surface area contributed by atoms with Crippen molar-refractivity contribution in [2.45, 2.75) is 25.9 Å². The minimum atomic E-state index is -0.729. The van der Waals surface area contributed by atoms with E-state index in [0.717, 1.165) is 21.9 Å². The van der Waals surface area contributed by atoms with Gasteiger partial charge in [-0.3, -0.25) is 9.59 Å². The Labute approximate surface area is 216 Å². The first-order valence-electron chi connectivity index (χ1n) is 12.0. The molecule has 0 saturated heterocycles. The number of benzene rings is 4. The van der Waals surface area contributed by atoms with Gasteiger partial charge >= 0.3 is 0 Å². The number of hydrogen-bond acceptors (Lipinski definition) is 3. The molecule has 4 aromatic carbocycles. The zero-order valence-electron chi connectivity index (χ0n) is 20.2. The third kappa shape index (κ3) is 6.23. The summed E-state index contributed by atoms with van der Waals surface area (Å²) in [6.45, 7) is 2.31. The maximum Gasteiger partial charge on any atom is 0.261 e. The Kier molecular flexibility index (Phi) is 8.58. The molecule has 0 aromatic heterocycles. The topological polar surface area (TPSA) is 58.6 Å². The van der Waals surface area contributed by atoms with Crippen LogP contribution in [-0.4, -0.2) is 35.9 Å². The molecule has 0 aliphatic rings. The van der Waals surface area contributed by atoms with Gasteiger partial charge in [-0.05, 0) is 35.6 Å². The van der Waals surface area contributed by atoms with Gasteiger partial charge in [0.1, 0.15) is 11.8 Å². The second kappa shape index (κ2) is 12.2. The van der Waals surface area contributed by atoms with E-state index in [1.54, 1.807) is 11.0 Å². The fraction of sp³-hybridized carbons (Fsp3) is 0.200. The molecule has 0 aliphatic heterocycles. The van der Waals surface area contributed by atoms with Gasteiger partial charge in [-0.25, -0.2) is 0 Å². The summed E-state index contributed by atoms with van der Waals surface area (Å²) in [6.07, 6.45) is 0.372. The number of rotatable bonds is 10. The van der Waals surface area contributed by atoms with Crippen LogP contribution in [0.3, 0.4) is 0 Å². The van der Waals surface area contributed by atoms with Crippen LogP contribution >= 0.6 is 11.6 Å². The molecule has 0 fully saturated rings. The quantitative estimate of drug-likeness (QED) is 0.306. The predicted molar refractivity (Wildman–Crippen MR) is 144 cm³/mol. The zero-order valence-corrected chi connectivity index (χ0v) is 20.9. The fourth-order valence-electron chi connectivity index (χ4n) is 4.20. The van der Waals surface area contributed by atoms with E-state index < -0.39 is 6.04 Å². The number of nitrogens with zero attached hydrogens (tertiary/aromatic N) is 1. The second-order valence-electron chi connectivity index (χ2n) is 8.48. The molecular formula is C30H29ClN2O3. The number of likely N-dealkylation sites (N-methyl/N-ethyl adjacent to an activating group) is 1. The van der Waals surface area contributed by atoms with Crippen LogP contribution in [0.15, 0.2) is 97.1 Å². The molecule has 0 aliphatic carbocycles. The van der Waals surface area contributed by atoms with Crippen molar-refractivity contribution in [3.05, 3.63) is 113 Å². The molecule has 1 atom stereocenters. The summed E-state index contributed by atoms with van der Waals surface area (Å²) in [5.41, 5.74) is 1.72. The van der Waals surface area contributed by atoms with E-state index in [9.17, 15) is 9.59 Å². The van der Waals surface area contributed by atoms with Crippen molar-refractivity contribution in [3.8, 4) is 5.75 Å². The van der Waals surface area contributed by atoms with E-state index in [-0.39, 0.29) is 25.0 Å². The monoisotopic (exact) mass is 500 g/mol. The van der Waals surface area contributed by atoms with Crippen LogP contribution in [-0.2, 0) is 22.6 Å². The second-order valence-corrected chi connectivity index (χ2v) is 8.89. The summed E-state index contributed by atoms with van der Waals surface area (Å²) in [7, 11) is 0. The highest BCUT2D eigenvalue weighted by Gasteiger charge is 2.31. The summed E-state index contributed by atoms with van der Waals surface area (Å²) in [5.74, 6) is 0.110. The molecule has 0 spiro atoms. The first-order chi connectivity index (χ1) is 17.6. The zero-order chi connectivity index (χ0) is 25.3. The van der Waals surface area contributed by atoms with Gasteiger partial charge in [0.05, 0.1) is 0 Å². The summed E-state index contributed by atoms with van der Waals surface area (Å²) in [4.78, 5) is 28.5. The smallest absolute Gasteiger partial charge is 0.261 e. The predicted octanol–water partition coefficient (Wildman–Crippen LogP) is 5.65. The minimum absolute atomic E-state index is 0.187. The molecule has 5 nitrogen and oxygen atoms in total. The third-order valence-corrected chi connectivity index (χ3v) is 6.39. The van der Waals surface area contributed by atoms with E-state index in [1.807, 2.05) is 97.9 Å². The average molecular weight is 501 g/mol. The van der Waals surface area contributed by atoms with Crippen LogP contribution in [0.1, 0.15) is 18.1 Å². The van der Waals surface area contributed by atoms with Gasteiger partial charge in [0.2, 0.25) is 5.91 Å². The van der Waals surface area contributed by atoms with Crippen molar-refractivity contribution in [2.75, 3.05) is 13.2 Å². The van der Waals surface area contributed by atoms with Crippen LogP contribution < -0.4 is 10.1 Å². The largest absolute Gasteiger partial charge is 0.483 e. The molecule has 0 bridgehead atoms. The minimum Gasteiger partial charge on any atom is -0.483 e. The van der Waals surface area contributed by atoms with Crippen molar-refractivity contribution >= 4 is 34.2 Å². The summed E-state index contributed by atoms with van der Waals surface area (Å²) >= 11 is 6.45. The molecule has 36 heavy (non-hydrogen) atoms. The van der Waals surface area contributed by atoms with Gasteiger partial charge in [0.25, 0.3) is 5.91 Å². The molecule has 184 valence electrons. The molecule has 1 N–H and O–H groups in total. The lowest BCUT2D eigenvalue weighted by Gasteiger charge is -2.31. The number of ether oxygens (including phenoxy) is 1. The standard InChI is InChI=1S/C30H29ClN2O3/c1-2-32-30(35)27(19-22-11-4-3-5-12-22)33(20-24-14-7-9-17-26(24)31)29(34)21-36-28-18-10-15-23-13-6-8-16-25(23)28/h3-18,27H,2,19-21H2,1H3,(H,32,35)/t27-/m0/s1.